The maximum Gasteiger partial charge on any atom is 0.331 e. The molecule has 1 unspecified atom stereocenters. The van der Waals surface area contributed by atoms with Crippen molar-refractivity contribution in [2.75, 3.05) is 0 Å². The molecular weight excluding hydrogens is 370 g/mol. The third-order valence-electron chi connectivity index (χ3n) is 4.47. The highest BCUT2D eigenvalue weighted by atomic mass is 35.5. The van der Waals surface area contributed by atoms with Crippen LogP contribution in [-0.4, -0.2) is 9.13 Å². The molecule has 134 valence electrons. The fourth-order valence-corrected chi connectivity index (χ4v) is 4.34. The van der Waals surface area contributed by atoms with E-state index in [9.17, 15) is 9.59 Å². The number of aromatic nitrogens is 2. The van der Waals surface area contributed by atoms with Gasteiger partial charge in [0.05, 0.1) is 18.0 Å². The molecule has 3 rings (SSSR count). The summed E-state index contributed by atoms with van der Waals surface area (Å²) in [5.41, 5.74) is 0.741. The lowest BCUT2D eigenvalue weighted by atomic mass is 10.2. The van der Waals surface area contributed by atoms with E-state index in [2.05, 4.69) is 6.07 Å². The molecule has 0 saturated carbocycles. The number of hydrogen-bond acceptors (Lipinski definition) is 4. The van der Waals surface area contributed by atoms with E-state index >= 15 is 0 Å². The van der Waals surface area contributed by atoms with E-state index in [0.717, 1.165) is 10.4 Å². The van der Waals surface area contributed by atoms with Gasteiger partial charge in [0.1, 0.15) is 4.70 Å². The fourth-order valence-electron chi connectivity index (χ4n) is 2.91. The minimum absolute atomic E-state index is 0.199. The quantitative estimate of drug-likeness (QED) is 0.650. The van der Waals surface area contributed by atoms with Crippen molar-refractivity contribution in [3.63, 3.8) is 0 Å². The van der Waals surface area contributed by atoms with Gasteiger partial charge >= 0.3 is 5.69 Å². The van der Waals surface area contributed by atoms with Gasteiger partial charge in [0.15, 0.2) is 0 Å². The molecule has 0 fully saturated rings. The molecule has 0 N–H and O–H groups in total. The van der Waals surface area contributed by atoms with Crippen LogP contribution in [-0.2, 0) is 6.54 Å². The normalized spacial score (nSPS) is 12.2. The predicted octanol–water partition coefficient (Wildman–Crippen LogP) is 4.43. The zero-order chi connectivity index (χ0) is 18.8. The highest BCUT2D eigenvalue weighted by Gasteiger charge is 2.19. The van der Waals surface area contributed by atoms with Gasteiger partial charge in [-0.1, -0.05) is 36.7 Å². The van der Waals surface area contributed by atoms with Crippen LogP contribution in [0.1, 0.15) is 32.7 Å². The Balaban J connectivity index is 2.35. The molecule has 5 nitrogen and oxygen atoms in total. The van der Waals surface area contributed by atoms with E-state index in [0.29, 0.717) is 21.7 Å². The summed E-state index contributed by atoms with van der Waals surface area (Å²) in [5.74, 6) is 0. The molecule has 2 heterocycles. The number of benzene rings is 1. The van der Waals surface area contributed by atoms with Gasteiger partial charge in [0, 0.05) is 28.0 Å². The summed E-state index contributed by atoms with van der Waals surface area (Å²) in [5, 5.41) is 9.53. The van der Waals surface area contributed by atoms with E-state index < -0.39 is 0 Å². The number of rotatable bonds is 5. The van der Waals surface area contributed by atoms with Crippen LogP contribution in [0.25, 0.3) is 20.7 Å². The molecule has 0 bridgehead atoms. The van der Waals surface area contributed by atoms with E-state index in [4.69, 9.17) is 16.9 Å². The molecule has 1 atom stereocenters. The molecule has 0 aliphatic carbocycles. The molecular formula is C19H18ClN3O2S. The molecule has 26 heavy (non-hydrogen) atoms. The zero-order valence-corrected chi connectivity index (χ0v) is 16.1. The van der Waals surface area contributed by atoms with Crippen molar-refractivity contribution < 1.29 is 0 Å². The standard InChI is InChI=1S/C19H18ClN3O2S/c1-3-12(2)23-18(24)17-15(22(19(23)25)10-6-9-21)11-16(26-17)13-7-4-5-8-14(13)20/h4-5,7-8,11-12H,3,6,10H2,1-2H3. The summed E-state index contributed by atoms with van der Waals surface area (Å²) in [4.78, 5) is 26.7. The first-order valence-electron chi connectivity index (χ1n) is 8.40. The van der Waals surface area contributed by atoms with Crippen LogP contribution < -0.4 is 11.2 Å². The minimum atomic E-state index is -0.365. The average molecular weight is 388 g/mol. The summed E-state index contributed by atoms with van der Waals surface area (Å²) >= 11 is 7.63. The second kappa shape index (κ2) is 7.48. The summed E-state index contributed by atoms with van der Waals surface area (Å²) in [6.07, 6.45) is 0.868. The van der Waals surface area contributed by atoms with Crippen molar-refractivity contribution in [2.45, 2.75) is 39.3 Å². The third kappa shape index (κ3) is 3.09. The fraction of sp³-hybridized carbons (Fsp3) is 0.316. The molecule has 0 aliphatic rings. The van der Waals surface area contributed by atoms with E-state index in [1.165, 1.54) is 20.5 Å². The lowest BCUT2D eigenvalue weighted by molar-refractivity contribution is 0.472. The monoisotopic (exact) mass is 387 g/mol. The Bertz CT molecular complexity index is 1120. The molecule has 1 aromatic carbocycles. The van der Waals surface area contributed by atoms with Gasteiger partial charge in [-0.25, -0.2) is 4.79 Å². The van der Waals surface area contributed by atoms with Crippen LogP contribution in [0.2, 0.25) is 5.02 Å². The van der Waals surface area contributed by atoms with Gasteiger partial charge in [0.2, 0.25) is 0 Å². The number of nitrogens with zero attached hydrogens (tertiary/aromatic N) is 3. The number of thiophene rings is 1. The van der Waals surface area contributed by atoms with Crippen molar-refractivity contribution in [3.05, 3.63) is 56.2 Å². The first-order valence-corrected chi connectivity index (χ1v) is 9.59. The van der Waals surface area contributed by atoms with E-state index in [-0.39, 0.29) is 30.3 Å². The first kappa shape index (κ1) is 18.4. The highest BCUT2D eigenvalue weighted by molar-refractivity contribution is 7.22. The van der Waals surface area contributed by atoms with Gasteiger partial charge < -0.3 is 0 Å². The summed E-state index contributed by atoms with van der Waals surface area (Å²) in [7, 11) is 0. The summed E-state index contributed by atoms with van der Waals surface area (Å²) in [6, 6.07) is 11.1. The Kier molecular flexibility index (Phi) is 5.30. The van der Waals surface area contributed by atoms with Crippen LogP contribution in [0.15, 0.2) is 39.9 Å². The number of aryl methyl sites for hydroxylation is 1. The van der Waals surface area contributed by atoms with Crippen LogP contribution in [0.5, 0.6) is 0 Å². The summed E-state index contributed by atoms with van der Waals surface area (Å²) < 4.78 is 3.34. The third-order valence-corrected chi connectivity index (χ3v) is 5.95. The largest absolute Gasteiger partial charge is 0.331 e. The van der Waals surface area contributed by atoms with Gasteiger partial charge in [0.25, 0.3) is 5.56 Å². The Morgan fingerprint density at radius 1 is 1.31 bits per heavy atom. The van der Waals surface area contributed by atoms with Crippen molar-refractivity contribution in [1.29, 1.82) is 5.26 Å². The van der Waals surface area contributed by atoms with Crippen molar-refractivity contribution in [3.8, 4) is 16.5 Å². The highest BCUT2D eigenvalue weighted by Crippen LogP contribution is 2.35. The number of nitriles is 1. The van der Waals surface area contributed by atoms with Crippen LogP contribution in [0.3, 0.4) is 0 Å². The second-order valence-electron chi connectivity index (χ2n) is 6.08. The SMILES string of the molecule is CCC(C)n1c(=O)c2sc(-c3ccccc3Cl)cc2n(CCC#N)c1=O. The zero-order valence-electron chi connectivity index (χ0n) is 14.5. The molecule has 0 radical (unpaired) electrons. The first-order chi connectivity index (χ1) is 12.5. The van der Waals surface area contributed by atoms with Gasteiger partial charge in [-0.3, -0.25) is 13.9 Å². The average Bonchev–Trinajstić information content (AvgIpc) is 3.07. The topological polar surface area (TPSA) is 67.8 Å². The number of fused-ring (bicyclic) bond motifs is 1. The maximum absolute atomic E-state index is 13.0. The van der Waals surface area contributed by atoms with Gasteiger partial charge in [-0.05, 0) is 25.5 Å². The predicted molar refractivity (Wildman–Crippen MR) is 106 cm³/mol. The Hall–Kier alpha value is -2.36. The second-order valence-corrected chi connectivity index (χ2v) is 7.54. The van der Waals surface area contributed by atoms with Gasteiger partial charge in [-0.15, -0.1) is 11.3 Å². The number of halogens is 1. The molecule has 0 amide bonds. The summed E-state index contributed by atoms with van der Waals surface area (Å²) in [6.45, 7) is 4.04. The lowest BCUT2D eigenvalue weighted by Crippen LogP contribution is -2.41. The smallest absolute Gasteiger partial charge is 0.291 e. The molecule has 0 saturated heterocycles. The van der Waals surface area contributed by atoms with Gasteiger partial charge in [-0.2, -0.15) is 5.26 Å². The van der Waals surface area contributed by atoms with E-state index in [1.807, 2.05) is 38.1 Å². The van der Waals surface area contributed by atoms with Crippen molar-refractivity contribution in [2.24, 2.45) is 0 Å². The molecule has 0 aliphatic heterocycles. The van der Waals surface area contributed by atoms with Crippen molar-refractivity contribution in [1.82, 2.24) is 9.13 Å². The Morgan fingerprint density at radius 3 is 2.69 bits per heavy atom. The molecule has 3 aromatic rings. The van der Waals surface area contributed by atoms with E-state index in [1.54, 1.807) is 6.07 Å². The Labute approximate surface area is 159 Å². The molecule has 2 aromatic heterocycles. The maximum atomic E-state index is 13.0. The van der Waals surface area contributed by atoms with Crippen LogP contribution in [0, 0.1) is 11.3 Å². The number of hydrogen-bond donors (Lipinski definition) is 0. The molecule has 0 spiro atoms. The molecule has 7 heteroatoms. The lowest BCUT2D eigenvalue weighted by Gasteiger charge is -2.15. The minimum Gasteiger partial charge on any atom is -0.291 e. The Morgan fingerprint density at radius 2 is 2.04 bits per heavy atom. The van der Waals surface area contributed by atoms with Crippen molar-refractivity contribution >= 4 is 33.2 Å². The van der Waals surface area contributed by atoms with Crippen LogP contribution in [0.4, 0.5) is 0 Å². The van der Waals surface area contributed by atoms with Crippen LogP contribution >= 0.6 is 22.9 Å².